The molecule has 0 aromatic heterocycles. The largest absolute Gasteiger partial charge is 0.333 e. The summed E-state index contributed by atoms with van der Waals surface area (Å²) in [5.41, 5.74) is 9.62. The number of urea groups is 1. The molecule has 0 radical (unpaired) electrons. The van der Waals surface area contributed by atoms with Crippen LogP contribution in [-0.2, 0) is 12.8 Å². The molecule has 138 valence electrons. The Morgan fingerprint density at radius 2 is 1.69 bits per heavy atom. The maximum Gasteiger partial charge on any atom is 0.318 e. The normalized spacial score (nSPS) is 44.6. The molecule has 1 aromatic rings. The Kier molecular flexibility index (Phi) is 2.88. The summed E-state index contributed by atoms with van der Waals surface area (Å²) in [5.74, 6) is 2.83. The zero-order valence-corrected chi connectivity index (χ0v) is 15.6. The third-order valence-electron chi connectivity index (χ3n) is 8.72. The molecule has 1 aromatic carbocycles. The fourth-order valence-corrected chi connectivity index (χ4v) is 7.98. The maximum absolute atomic E-state index is 12.8. The van der Waals surface area contributed by atoms with E-state index in [4.69, 9.17) is 5.73 Å². The zero-order valence-electron chi connectivity index (χ0n) is 15.6. The molecule has 1 aliphatic heterocycles. The lowest BCUT2D eigenvalue weighted by Crippen LogP contribution is -2.65. The van der Waals surface area contributed by atoms with Gasteiger partial charge in [-0.25, -0.2) is 4.79 Å². The van der Waals surface area contributed by atoms with Gasteiger partial charge in [-0.3, -0.25) is 0 Å². The second-order valence-electron chi connectivity index (χ2n) is 10.1. The average Bonchev–Trinajstić information content (AvgIpc) is 3.07. The van der Waals surface area contributed by atoms with Crippen molar-refractivity contribution in [2.75, 3.05) is 7.05 Å². The van der Waals surface area contributed by atoms with Crippen LogP contribution >= 0.6 is 0 Å². The van der Waals surface area contributed by atoms with Crippen LogP contribution in [0.15, 0.2) is 24.3 Å². The first kappa shape index (κ1) is 15.5. The van der Waals surface area contributed by atoms with E-state index in [9.17, 15) is 4.79 Å². The van der Waals surface area contributed by atoms with E-state index < -0.39 is 0 Å². The van der Waals surface area contributed by atoms with Crippen molar-refractivity contribution >= 4 is 6.03 Å². The molecule has 7 rings (SSSR count). The molecule has 1 heterocycles. The number of carbonyl (C=O) groups excluding carboxylic acids is 1. The van der Waals surface area contributed by atoms with Crippen molar-refractivity contribution in [2.45, 2.75) is 62.1 Å². The molecule has 3 N–H and O–H groups in total. The molecule has 26 heavy (non-hydrogen) atoms. The van der Waals surface area contributed by atoms with Gasteiger partial charge in [-0.15, -0.1) is 0 Å². The van der Waals surface area contributed by atoms with E-state index in [0.29, 0.717) is 17.8 Å². The summed E-state index contributed by atoms with van der Waals surface area (Å²) >= 11 is 0. The zero-order chi connectivity index (χ0) is 17.7. The molecule has 5 aliphatic carbocycles. The number of likely N-dealkylation sites (N-methyl/N-ethyl adjacent to an activating group) is 1. The monoisotopic (exact) mass is 351 g/mol. The molecule has 6 aliphatic rings. The number of benzene rings is 1. The van der Waals surface area contributed by atoms with Gasteiger partial charge in [0.25, 0.3) is 0 Å². The van der Waals surface area contributed by atoms with E-state index in [1.54, 1.807) is 0 Å². The summed E-state index contributed by atoms with van der Waals surface area (Å²) in [4.78, 5) is 14.8. The Labute approximate surface area is 155 Å². The summed E-state index contributed by atoms with van der Waals surface area (Å²) in [6, 6.07) is 9.17. The van der Waals surface area contributed by atoms with Crippen molar-refractivity contribution in [3.05, 3.63) is 35.4 Å². The third-order valence-corrected chi connectivity index (χ3v) is 8.72. The molecule has 2 amide bonds. The first-order valence-corrected chi connectivity index (χ1v) is 10.4. The Morgan fingerprint density at radius 3 is 2.27 bits per heavy atom. The van der Waals surface area contributed by atoms with Gasteiger partial charge in [0.2, 0.25) is 0 Å². The first-order chi connectivity index (χ1) is 12.5. The van der Waals surface area contributed by atoms with Crippen molar-refractivity contribution in [1.29, 1.82) is 0 Å². The van der Waals surface area contributed by atoms with E-state index in [2.05, 4.69) is 29.6 Å². The van der Waals surface area contributed by atoms with Gasteiger partial charge < -0.3 is 16.0 Å². The molecule has 4 heteroatoms. The minimum atomic E-state index is -0.0808. The highest BCUT2D eigenvalue weighted by molar-refractivity contribution is 5.79. The number of nitrogens with two attached hydrogens (primary N) is 1. The Bertz CT molecular complexity index is 748. The van der Waals surface area contributed by atoms with E-state index in [1.807, 2.05) is 11.9 Å². The predicted molar refractivity (Wildman–Crippen MR) is 101 cm³/mol. The fourth-order valence-electron chi connectivity index (χ4n) is 7.98. The number of carbonyl (C=O) groups is 1. The highest BCUT2D eigenvalue weighted by Gasteiger charge is 2.63. The molecular weight excluding hydrogens is 322 g/mol. The predicted octanol–water partition coefficient (Wildman–Crippen LogP) is 2.70. The average molecular weight is 351 g/mol. The SMILES string of the molecule is CN1C(=O)N[C@H](C2C3CC4CC2CC(N)(C4)C3)C12Cc1ccccc1C2. The minimum Gasteiger partial charge on any atom is -0.333 e. The van der Waals surface area contributed by atoms with Crippen molar-refractivity contribution in [3.8, 4) is 0 Å². The van der Waals surface area contributed by atoms with Crippen LogP contribution in [0.2, 0.25) is 0 Å². The molecule has 4 saturated carbocycles. The van der Waals surface area contributed by atoms with E-state index >= 15 is 0 Å². The molecule has 1 spiro atoms. The number of fused-ring (bicyclic) bond motifs is 1. The Balaban J connectivity index is 1.40. The van der Waals surface area contributed by atoms with Crippen LogP contribution in [0.5, 0.6) is 0 Å². The van der Waals surface area contributed by atoms with Gasteiger partial charge in [0.15, 0.2) is 0 Å². The van der Waals surface area contributed by atoms with Crippen LogP contribution in [0.3, 0.4) is 0 Å². The number of amides is 2. The molecule has 4 nitrogen and oxygen atoms in total. The maximum atomic E-state index is 12.8. The summed E-state index contributed by atoms with van der Waals surface area (Å²) in [7, 11) is 2.02. The van der Waals surface area contributed by atoms with Crippen molar-refractivity contribution in [3.63, 3.8) is 0 Å². The van der Waals surface area contributed by atoms with Gasteiger partial charge in [-0.1, -0.05) is 24.3 Å². The van der Waals surface area contributed by atoms with Crippen molar-refractivity contribution < 1.29 is 4.79 Å². The second-order valence-corrected chi connectivity index (χ2v) is 10.1. The van der Waals surface area contributed by atoms with Crippen LogP contribution in [-0.4, -0.2) is 35.1 Å². The summed E-state index contributed by atoms with van der Waals surface area (Å²) in [5, 5.41) is 3.46. The van der Waals surface area contributed by atoms with Gasteiger partial charge in [0.05, 0.1) is 11.6 Å². The van der Waals surface area contributed by atoms with Crippen molar-refractivity contribution in [2.24, 2.45) is 29.4 Å². The van der Waals surface area contributed by atoms with E-state index in [0.717, 1.165) is 18.8 Å². The topological polar surface area (TPSA) is 58.4 Å². The highest BCUT2D eigenvalue weighted by atomic mass is 16.2. The number of hydrogen-bond donors (Lipinski definition) is 2. The minimum absolute atomic E-state index is 0.0808. The van der Waals surface area contributed by atoms with Crippen LogP contribution in [0.1, 0.15) is 43.2 Å². The summed E-state index contributed by atoms with van der Waals surface area (Å²) < 4.78 is 0. The van der Waals surface area contributed by atoms with Gasteiger partial charge >= 0.3 is 6.03 Å². The van der Waals surface area contributed by atoms with Gasteiger partial charge in [0.1, 0.15) is 0 Å². The molecule has 5 fully saturated rings. The smallest absolute Gasteiger partial charge is 0.318 e. The van der Waals surface area contributed by atoms with Gasteiger partial charge in [-0.2, -0.15) is 0 Å². The van der Waals surface area contributed by atoms with Crippen molar-refractivity contribution in [1.82, 2.24) is 10.2 Å². The Morgan fingerprint density at radius 1 is 1.08 bits per heavy atom. The molecule has 3 atom stereocenters. The van der Waals surface area contributed by atoms with Crippen LogP contribution in [0.4, 0.5) is 4.79 Å². The molecular formula is C22H29N3O. The number of nitrogens with zero attached hydrogens (tertiary/aromatic N) is 1. The molecule has 1 saturated heterocycles. The standard InChI is InChI=1S/C22H29N3O/c1-25-20(26)24-19(22(25)11-14-4-2-3-5-15(14)12-22)18-16-6-13-7-17(18)10-21(23,8-13)9-16/h2-5,13,16-19H,6-12,23H2,1H3,(H,24,26)/t13?,16?,17?,18?,19-,21?/m1/s1. The van der Waals surface area contributed by atoms with E-state index in [-0.39, 0.29) is 23.2 Å². The highest BCUT2D eigenvalue weighted by Crippen LogP contribution is 2.60. The third kappa shape index (κ3) is 1.86. The molecule has 4 bridgehead atoms. The fraction of sp³-hybridized carbons (Fsp3) is 0.682. The van der Waals surface area contributed by atoms with Gasteiger partial charge in [-0.05, 0) is 79.7 Å². The number of rotatable bonds is 1. The van der Waals surface area contributed by atoms with Gasteiger partial charge in [0, 0.05) is 12.6 Å². The molecule has 2 unspecified atom stereocenters. The second kappa shape index (κ2) is 4.83. The van der Waals surface area contributed by atoms with Crippen LogP contribution in [0, 0.1) is 23.7 Å². The Hall–Kier alpha value is -1.55. The van der Waals surface area contributed by atoms with E-state index in [1.165, 1.54) is 43.2 Å². The quantitative estimate of drug-likeness (QED) is 0.817. The number of hydrogen-bond acceptors (Lipinski definition) is 2. The lowest BCUT2D eigenvalue weighted by Gasteiger charge is -2.61. The van der Waals surface area contributed by atoms with Crippen LogP contribution in [0.25, 0.3) is 0 Å². The lowest BCUT2D eigenvalue weighted by molar-refractivity contribution is -0.0753. The lowest BCUT2D eigenvalue weighted by atomic mass is 9.47. The number of nitrogens with one attached hydrogen (secondary N) is 1. The summed E-state index contributed by atoms with van der Waals surface area (Å²) in [6.07, 6.45) is 8.23. The van der Waals surface area contributed by atoms with Crippen LogP contribution < -0.4 is 11.1 Å². The first-order valence-electron chi connectivity index (χ1n) is 10.4. The summed E-state index contributed by atoms with van der Waals surface area (Å²) in [6.45, 7) is 0.